The Labute approximate surface area is 115 Å². The second-order valence-corrected chi connectivity index (χ2v) is 4.54. The van der Waals surface area contributed by atoms with Crippen molar-refractivity contribution in [2.24, 2.45) is 5.92 Å². The van der Waals surface area contributed by atoms with Gasteiger partial charge in [0.2, 0.25) is 5.91 Å². The van der Waals surface area contributed by atoms with Gasteiger partial charge in [0.1, 0.15) is 5.76 Å². The van der Waals surface area contributed by atoms with E-state index in [0.717, 1.165) is 0 Å². The van der Waals surface area contributed by atoms with Crippen LogP contribution in [0.2, 0.25) is 0 Å². The number of likely N-dealkylation sites (tertiary alicyclic amines) is 1. The predicted molar refractivity (Wildman–Crippen MR) is 67.3 cm³/mol. The van der Waals surface area contributed by atoms with Crippen molar-refractivity contribution >= 4 is 17.8 Å². The molecule has 20 heavy (non-hydrogen) atoms. The molecule has 1 aromatic heterocycles. The number of likely N-dealkylation sites (N-methyl/N-ethyl adjacent to an activating group) is 1. The van der Waals surface area contributed by atoms with Crippen molar-refractivity contribution < 1.29 is 23.5 Å². The van der Waals surface area contributed by atoms with Crippen LogP contribution in [0, 0.1) is 5.92 Å². The number of ether oxygens (including phenoxy) is 1. The molecule has 0 aliphatic carbocycles. The van der Waals surface area contributed by atoms with E-state index in [-0.39, 0.29) is 31.4 Å². The molecule has 0 radical (unpaired) electrons. The summed E-state index contributed by atoms with van der Waals surface area (Å²) in [6.07, 6.45) is 1.64. The number of rotatable bonds is 5. The Bertz CT molecular complexity index is 497. The molecule has 0 bridgehead atoms. The molecule has 7 nitrogen and oxygen atoms in total. The molecule has 1 fully saturated rings. The molecule has 7 heteroatoms. The van der Waals surface area contributed by atoms with Crippen LogP contribution >= 0.6 is 0 Å². The maximum atomic E-state index is 11.8. The van der Waals surface area contributed by atoms with E-state index in [4.69, 9.17) is 9.15 Å². The lowest BCUT2D eigenvalue weighted by Gasteiger charge is -2.14. The van der Waals surface area contributed by atoms with Gasteiger partial charge in [0.05, 0.1) is 18.7 Å². The van der Waals surface area contributed by atoms with Crippen LogP contribution in [0.3, 0.4) is 0 Å². The zero-order valence-electron chi connectivity index (χ0n) is 11.1. The second-order valence-electron chi connectivity index (χ2n) is 4.54. The molecule has 2 rings (SSSR count). The van der Waals surface area contributed by atoms with Crippen molar-refractivity contribution in [2.75, 3.05) is 20.2 Å². The molecule has 1 atom stereocenters. The van der Waals surface area contributed by atoms with Crippen molar-refractivity contribution in [3.63, 3.8) is 0 Å². The second kappa shape index (κ2) is 6.23. The number of carbonyl (C=O) groups is 3. The van der Waals surface area contributed by atoms with E-state index in [1.165, 1.54) is 13.3 Å². The van der Waals surface area contributed by atoms with Gasteiger partial charge in [-0.25, -0.2) is 0 Å². The maximum Gasteiger partial charge on any atom is 0.311 e. The summed E-state index contributed by atoms with van der Waals surface area (Å²) in [5.74, 6) is -0.887. The first kappa shape index (κ1) is 14.1. The number of nitrogens with zero attached hydrogens (tertiary/aromatic N) is 1. The summed E-state index contributed by atoms with van der Waals surface area (Å²) in [4.78, 5) is 36.1. The highest BCUT2D eigenvalue weighted by molar-refractivity contribution is 5.88. The highest BCUT2D eigenvalue weighted by Crippen LogP contribution is 2.21. The Hall–Kier alpha value is -2.31. The first-order chi connectivity index (χ1) is 9.60. The molecule has 1 N–H and O–H groups in total. The van der Waals surface area contributed by atoms with Crippen LogP contribution in [0.15, 0.2) is 22.8 Å². The monoisotopic (exact) mass is 280 g/mol. The minimum absolute atomic E-state index is 0.104. The van der Waals surface area contributed by atoms with E-state index in [1.54, 1.807) is 17.0 Å². The van der Waals surface area contributed by atoms with Gasteiger partial charge in [0, 0.05) is 20.0 Å². The first-order valence-corrected chi connectivity index (χ1v) is 6.27. The third-order valence-electron chi connectivity index (χ3n) is 3.10. The summed E-state index contributed by atoms with van der Waals surface area (Å²) in [5.41, 5.74) is 0. The van der Waals surface area contributed by atoms with Crippen LogP contribution in [0.5, 0.6) is 0 Å². The van der Waals surface area contributed by atoms with Gasteiger partial charge in [0.15, 0.2) is 6.61 Å². The molecular formula is C13H16N2O5. The lowest BCUT2D eigenvalue weighted by molar-refractivity contribution is -0.152. The first-order valence-electron chi connectivity index (χ1n) is 6.27. The van der Waals surface area contributed by atoms with E-state index in [1.807, 2.05) is 0 Å². The summed E-state index contributed by atoms with van der Waals surface area (Å²) >= 11 is 0. The largest absolute Gasteiger partial charge is 0.467 e. The number of nitrogens with one attached hydrogen (secondary N) is 1. The molecule has 108 valence electrons. The summed E-state index contributed by atoms with van der Waals surface area (Å²) < 4.78 is 10.0. The van der Waals surface area contributed by atoms with Gasteiger partial charge in [-0.15, -0.1) is 0 Å². The molecule has 0 unspecified atom stereocenters. The van der Waals surface area contributed by atoms with Gasteiger partial charge in [-0.2, -0.15) is 0 Å². The molecule has 2 amide bonds. The number of carbonyl (C=O) groups excluding carboxylic acids is 3. The van der Waals surface area contributed by atoms with E-state index in [2.05, 4.69) is 5.32 Å². The Morgan fingerprint density at radius 2 is 2.35 bits per heavy atom. The highest BCUT2D eigenvalue weighted by atomic mass is 16.5. The van der Waals surface area contributed by atoms with Gasteiger partial charge < -0.3 is 19.4 Å². The predicted octanol–water partition coefficient (Wildman–Crippen LogP) is -0.0827. The topological polar surface area (TPSA) is 88.8 Å². The smallest absolute Gasteiger partial charge is 0.311 e. The van der Waals surface area contributed by atoms with Gasteiger partial charge >= 0.3 is 5.97 Å². The average Bonchev–Trinajstić information content (AvgIpc) is 3.07. The minimum Gasteiger partial charge on any atom is -0.467 e. The Morgan fingerprint density at radius 1 is 1.55 bits per heavy atom. The van der Waals surface area contributed by atoms with E-state index < -0.39 is 11.9 Å². The van der Waals surface area contributed by atoms with Gasteiger partial charge in [0.25, 0.3) is 5.91 Å². The highest BCUT2D eigenvalue weighted by Gasteiger charge is 2.35. The molecule has 1 aliphatic heterocycles. The van der Waals surface area contributed by atoms with Crippen molar-refractivity contribution in [3.8, 4) is 0 Å². The number of furan rings is 1. The molecule has 0 spiro atoms. The lowest BCUT2D eigenvalue weighted by atomic mass is 10.1. The van der Waals surface area contributed by atoms with Crippen molar-refractivity contribution in [2.45, 2.75) is 13.0 Å². The Morgan fingerprint density at radius 3 is 3.00 bits per heavy atom. The normalized spacial score (nSPS) is 18.1. The molecule has 2 heterocycles. The summed E-state index contributed by atoms with van der Waals surface area (Å²) in [5, 5.41) is 2.35. The third kappa shape index (κ3) is 3.37. The van der Waals surface area contributed by atoms with Crippen LogP contribution in [0.25, 0.3) is 0 Å². The molecule has 0 saturated carbocycles. The fourth-order valence-electron chi connectivity index (χ4n) is 2.00. The number of hydrogen-bond acceptors (Lipinski definition) is 5. The quantitative estimate of drug-likeness (QED) is 0.762. The summed E-state index contributed by atoms with van der Waals surface area (Å²) in [6.45, 7) is 0.301. The van der Waals surface area contributed by atoms with Crippen molar-refractivity contribution in [3.05, 3.63) is 24.2 Å². The summed E-state index contributed by atoms with van der Waals surface area (Å²) in [6, 6.07) is 3.51. The Balaban J connectivity index is 1.85. The zero-order valence-corrected chi connectivity index (χ0v) is 11.1. The molecule has 1 aliphatic rings. The average molecular weight is 280 g/mol. The van der Waals surface area contributed by atoms with E-state index >= 15 is 0 Å². The van der Waals surface area contributed by atoms with Gasteiger partial charge in [-0.3, -0.25) is 14.4 Å². The molecule has 1 aromatic rings. The SMILES string of the molecule is CNC(=O)COC(=O)[C@@H]1CC(=O)N(Cc2ccco2)C1. The van der Waals surface area contributed by atoms with E-state index in [0.29, 0.717) is 12.3 Å². The van der Waals surface area contributed by atoms with E-state index in [9.17, 15) is 14.4 Å². The van der Waals surface area contributed by atoms with Crippen LogP contribution in [-0.4, -0.2) is 42.9 Å². The third-order valence-corrected chi connectivity index (χ3v) is 3.10. The fraction of sp³-hybridized carbons (Fsp3) is 0.462. The fourth-order valence-corrected chi connectivity index (χ4v) is 2.00. The van der Waals surface area contributed by atoms with Gasteiger partial charge in [-0.05, 0) is 12.1 Å². The minimum atomic E-state index is -0.526. The van der Waals surface area contributed by atoms with Crippen LogP contribution in [0.1, 0.15) is 12.2 Å². The van der Waals surface area contributed by atoms with Crippen molar-refractivity contribution in [1.82, 2.24) is 10.2 Å². The molecule has 1 saturated heterocycles. The van der Waals surface area contributed by atoms with Gasteiger partial charge in [-0.1, -0.05) is 0 Å². The molecule has 0 aromatic carbocycles. The van der Waals surface area contributed by atoms with Crippen LogP contribution < -0.4 is 5.32 Å². The number of esters is 1. The number of amides is 2. The lowest BCUT2D eigenvalue weighted by Crippen LogP contribution is -2.29. The Kier molecular flexibility index (Phi) is 4.39. The molecular weight excluding hydrogens is 264 g/mol. The number of hydrogen-bond donors (Lipinski definition) is 1. The van der Waals surface area contributed by atoms with Crippen LogP contribution in [-0.2, 0) is 25.7 Å². The summed E-state index contributed by atoms with van der Waals surface area (Å²) in [7, 11) is 1.46. The standard InChI is InChI=1S/C13H16N2O5/c1-14-11(16)8-20-13(18)9-5-12(17)15(6-9)7-10-3-2-4-19-10/h2-4,9H,5-8H2,1H3,(H,14,16)/t9-/m1/s1. The zero-order chi connectivity index (χ0) is 14.5. The van der Waals surface area contributed by atoms with Crippen molar-refractivity contribution in [1.29, 1.82) is 0 Å². The van der Waals surface area contributed by atoms with Crippen LogP contribution in [0.4, 0.5) is 0 Å². The maximum absolute atomic E-state index is 11.8.